The molecule has 1 aliphatic heterocycles. The lowest BCUT2D eigenvalue weighted by atomic mass is 9.88. The Hall–Kier alpha value is -0.860. The summed E-state index contributed by atoms with van der Waals surface area (Å²) in [5.41, 5.74) is 4.87. The van der Waals surface area contributed by atoms with E-state index in [0.717, 1.165) is 19.3 Å². The summed E-state index contributed by atoms with van der Waals surface area (Å²) in [6.45, 7) is 1.42. The van der Waals surface area contributed by atoms with Crippen LogP contribution in [0.4, 0.5) is 0 Å². The van der Waals surface area contributed by atoms with Crippen LogP contribution in [-0.4, -0.2) is 55.3 Å². The second-order valence-electron chi connectivity index (χ2n) is 6.28. The molecule has 1 saturated carbocycles. The van der Waals surface area contributed by atoms with Crippen molar-refractivity contribution in [2.75, 3.05) is 20.1 Å². The molecule has 0 unspecified atom stereocenters. The molecule has 21 heavy (non-hydrogen) atoms. The number of rotatable bonds is 4. The third-order valence-electron chi connectivity index (χ3n) is 4.77. The van der Waals surface area contributed by atoms with E-state index >= 15 is 0 Å². The van der Waals surface area contributed by atoms with Crippen LogP contribution in [0.1, 0.15) is 44.9 Å². The van der Waals surface area contributed by atoms with Crippen molar-refractivity contribution in [2.24, 2.45) is 10.9 Å². The van der Waals surface area contributed by atoms with Crippen LogP contribution in [0.15, 0.2) is 5.16 Å². The van der Waals surface area contributed by atoms with Crippen LogP contribution in [-0.2, 0) is 10.0 Å². The van der Waals surface area contributed by atoms with Gasteiger partial charge in [0.15, 0.2) is 5.84 Å². The first-order valence-corrected chi connectivity index (χ1v) is 9.14. The van der Waals surface area contributed by atoms with Crippen LogP contribution < -0.4 is 10.5 Å². The fourth-order valence-electron chi connectivity index (χ4n) is 3.24. The Balaban J connectivity index is 2.18. The number of hydrogen-bond donors (Lipinski definition) is 3. The van der Waals surface area contributed by atoms with Gasteiger partial charge in [0.2, 0.25) is 10.0 Å². The molecule has 2 rings (SSSR count). The topological polar surface area (TPSA) is 108 Å². The van der Waals surface area contributed by atoms with E-state index in [1.165, 1.54) is 0 Å². The number of oxime groups is 1. The number of likely N-dealkylation sites (tertiary alicyclic amines) is 1. The van der Waals surface area contributed by atoms with Gasteiger partial charge >= 0.3 is 0 Å². The molecule has 4 N–H and O–H groups in total. The molecule has 1 aliphatic carbocycles. The van der Waals surface area contributed by atoms with Crippen molar-refractivity contribution in [3.63, 3.8) is 0 Å². The number of sulfonamides is 1. The van der Waals surface area contributed by atoms with Crippen LogP contribution in [0.25, 0.3) is 0 Å². The van der Waals surface area contributed by atoms with Crippen molar-refractivity contribution >= 4 is 15.9 Å². The van der Waals surface area contributed by atoms with Crippen molar-refractivity contribution in [1.29, 1.82) is 0 Å². The van der Waals surface area contributed by atoms with E-state index in [2.05, 4.69) is 14.8 Å². The lowest BCUT2D eigenvalue weighted by molar-refractivity contribution is 0.212. The molecule has 122 valence electrons. The Kier molecular flexibility index (Phi) is 5.11. The molecule has 8 heteroatoms. The summed E-state index contributed by atoms with van der Waals surface area (Å²) in [5, 5.41) is 11.8. The number of nitrogens with zero attached hydrogens (tertiary/aromatic N) is 2. The molecule has 0 spiro atoms. The minimum Gasteiger partial charge on any atom is -0.409 e. The molecule has 0 bridgehead atoms. The second-order valence-corrected chi connectivity index (χ2v) is 8.24. The summed E-state index contributed by atoms with van der Waals surface area (Å²) < 4.78 is 28.1. The monoisotopic (exact) mass is 318 g/mol. The zero-order chi connectivity index (χ0) is 15.5. The van der Waals surface area contributed by atoms with Crippen LogP contribution in [0, 0.1) is 0 Å². The molecule has 2 fully saturated rings. The molecule has 0 aromatic rings. The predicted octanol–water partition coefficient (Wildman–Crippen LogP) is 0.449. The van der Waals surface area contributed by atoms with Gasteiger partial charge in [-0.1, -0.05) is 24.4 Å². The van der Waals surface area contributed by atoms with Crippen molar-refractivity contribution in [2.45, 2.75) is 55.7 Å². The molecule has 0 aromatic carbocycles. The van der Waals surface area contributed by atoms with Gasteiger partial charge in [-0.25, -0.2) is 13.1 Å². The van der Waals surface area contributed by atoms with Gasteiger partial charge in [-0.15, -0.1) is 0 Å². The molecule has 0 aromatic heterocycles. The Morgan fingerprint density at radius 1 is 1.29 bits per heavy atom. The third kappa shape index (κ3) is 3.67. The SMILES string of the molecule is CN1CCC(NS(=O)(=O)C2CCCCC2)(/C(N)=N/O)CC1. The van der Waals surface area contributed by atoms with E-state index < -0.39 is 15.6 Å². The Labute approximate surface area is 126 Å². The summed E-state index contributed by atoms with van der Waals surface area (Å²) in [7, 11) is -1.48. The number of amidine groups is 1. The minimum absolute atomic E-state index is 0.0324. The fraction of sp³-hybridized carbons (Fsp3) is 0.923. The lowest BCUT2D eigenvalue weighted by Gasteiger charge is -2.40. The Morgan fingerprint density at radius 3 is 2.38 bits per heavy atom. The van der Waals surface area contributed by atoms with E-state index in [0.29, 0.717) is 38.8 Å². The molecule has 1 saturated heterocycles. The van der Waals surface area contributed by atoms with Crippen LogP contribution in [0.5, 0.6) is 0 Å². The van der Waals surface area contributed by atoms with Gasteiger partial charge in [0.05, 0.1) is 10.8 Å². The third-order valence-corrected chi connectivity index (χ3v) is 6.79. The highest BCUT2D eigenvalue weighted by atomic mass is 32.2. The van der Waals surface area contributed by atoms with E-state index in [-0.39, 0.29) is 11.1 Å². The van der Waals surface area contributed by atoms with Crippen molar-refractivity contribution < 1.29 is 13.6 Å². The number of hydrogen-bond acceptors (Lipinski definition) is 5. The maximum Gasteiger partial charge on any atom is 0.215 e. The maximum atomic E-state index is 12.6. The van der Waals surface area contributed by atoms with Crippen molar-refractivity contribution in [3.8, 4) is 0 Å². The average Bonchev–Trinajstić information content (AvgIpc) is 2.49. The first-order valence-electron chi connectivity index (χ1n) is 7.59. The molecule has 0 radical (unpaired) electrons. The average molecular weight is 318 g/mol. The maximum absolute atomic E-state index is 12.6. The van der Waals surface area contributed by atoms with Crippen molar-refractivity contribution in [1.82, 2.24) is 9.62 Å². The summed E-state index contributed by atoms with van der Waals surface area (Å²) in [5.74, 6) is -0.0324. The van der Waals surface area contributed by atoms with Gasteiger partial charge in [0, 0.05) is 13.1 Å². The summed E-state index contributed by atoms with van der Waals surface area (Å²) in [6, 6.07) is 0. The van der Waals surface area contributed by atoms with E-state index in [9.17, 15) is 8.42 Å². The van der Waals surface area contributed by atoms with Crippen LogP contribution in [0.2, 0.25) is 0 Å². The molecular formula is C13H26N4O3S. The summed E-state index contributed by atoms with van der Waals surface area (Å²) >= 11 is 0. The first-order chi connectivity index (χ1) is 9.89. The van der Waals surface area contributed by atoms with E-state index in [4.69, 9.17) is 10.9 Å². The van der Waals surface area contributed by atoms with Gasteiger partial charge in [-0.2, -0.15) is 0 Å². The second kappa shape index (κ2) is 6.50. The zero-order valence-corrected chi connectivity index (χ0v) is 13.4. The lowest BCUT2D eigenvalue weighted by Crippen LogP contribution is -2.63. The molecule has 0 atom stereocenters. The molecule has 7 nitrogen and oxygen atoms in total. The zero-order valence-electron chi connectivity index (χ0n) is 12.6. The highest BCUT2D eigenvalue weighted by molar-refractivity contribution is 7.90. The highest BCUT2D eigenvalue weighted by Crippen LogP contribution is 2.28. The van der Waals surface area contributed by atoms with Crippen molar-refractivity contribution in [3.05, 3.63) is 0 Å². The highest BCUT2D eigenvalue weighted by Gasteiger charge is 2.43. The van der Waals surface area contributed by atoms with Crippen LogP contribution >= 0.6 is 0 Å². The fourth-order valence-corrected chi connectivity index (χ4v) is 5.21. The van der Waals surface area contributed by atoms with Gasteiger partial charge in [0.1, 0.15) is 0 Å². The summed E-state index contributed by atoms with van der Waals surface area (Å²) in [6.07, 6.45) is 5.43. The normalized spacial score (nSPS) is 25.9. The van der Waals surface area contributed by atoms with Gasteiger partial charge < -0.3 is 15.8 Å². The van der Waals surface area contributed by atoms with Gasteiger partial charge in [0.25, 0.3) is 0 Å². The molecule has 0 amide bonds. The van der Waals surface area contributed by atoms with E-state index in [1.54, 1.807) is 0 Å². The Morgan fingerprint density at radius 2 is 1.86 bits per heavy atom. The quantitative estimate of drug-likeness (QED) is 0.302. The Bertz CT molecular complexity index is 478. The molecule has 2 aliphatic rings. The molecule has 1 heterocycles. The number of piperidine rings is 1. The standard InChI is InChI=1S/C13H26N4O3S/c1-17-9-7-13(8-10-17,12(14)15-18)16-21(19,20)11-5-3-2-4-6-11/h11,16,18H,2-10H2,1H3,(H2,14,15). The smallest absolute Gasteiger partial charge is 0.215 e. The minimum atomic E-state index is -3.45. The van der Waals surface area contributed by atoms with Gasteiger partial charge in [-0.05, 0) is 32.7 Å². The number of nitrogens with one attached hydrogen (secondary N) is 1. The van der Waals surface area contributed by atoms with Gasteiger partial charge in [-0.3, -0.25) is 0 Å². The number of nitrogens with two attached hydrogens (primary N) is 1. The molecular weight excluding hydrogens is 292 g/mol. The first kappa shape index (κ1) is 16.5. The predicted molar refractivity (Wildman–Crippen MR) is 81.8 cm³/mol. The van der Waals surface area contributed by atoms with Crippen LogP contribution in [0.3, 0.4) is 0 Å². The summed E-state index contributed by atoms with van der Waals surface area (Å²) in [4.78, 5) is 2.11. The van der Waals surface area contributed by atoms with E-state index in [1.807, 2.05) is 7.05 Å². The largest absolute Gasteiger partial charge is 0.409 e.